The Kier molecular flexibility index (Phi) is 5.31. The van der Waals surface area contributed by atoms with E-state index < -0.39 is 36.0 Å². The van der Waals surface area contributed by atoms with Crippen molar-refractivity contribution in [1.82, 2.24) is 19.5 Å². The van der Waals surface area contributed by atoms with Gasteiger partial charge in [0.25, 0.3) is 0 Å². The fraction of sp³-hybridized carbons (Fsp3) is 0.421. The molecule has 12 nitrogen and oxygen atoms in total. The normalized spacial score (nSPS) is 22.7. The monoisotopic (exact) mass is 447 g/mol. The van der Waals surface area contributed by atoms with Gasteiger partial charge in [0.05, 0.1) is 6.33 Å². The van der Waals surface area contributed by atoms with E-state index in [9.17, 15) is 14.0 Å². The topological polar surface area (TPSA) is 158 Å². The molecule has 3 atom stereocenters. The number of halogens is 1. The maximum Gasteiger partial charge on any atom is 0.519 e. The summed E-state index contributed by atoms with van der Waals surface area (Å²) in [5.41, 5.74) is 4.72. The minimum atomic E-state index is -1.28. The smallest absolute Gasteiger partial charge is 0.427 e. The zero-order valence-corrected chi connectivity index (χ0v) is 17.0. The molecule has 13 heteroatoms. The minimum Gasteiger partial charge on any atom is -0.427 e. The summed E-state index contributed by atoms with van der Waals surface area (Å²) in [5, 5.41) is 0. The Morgan fingerprint density at radius 1 is 1.47 bits per heavy atom. The van der Waals surface area contributed by atoms with E-state index in [0.717, 1.165) is 0 Å². The lowest BCUT2D eigenvalue weighted by Gasteiger charge is -2.27. The van der Waals surface area contributed by atoms with Crippen LogP contribution in [0, 0.1) is 25.3 Å². The number of carbonyl (C=O) groups excluding carboxylic acids is 1. The van der Waals surface area contributed by atoms with Gasteiger partial charge in [0.2, 0.25) is 0 Å². The summed E-state index contributed by atoms with van der Waals surface area (Å²) < 4.78 is 41.1. The zero-order chi connectivity index (χ0) is 23.0. The van der Waals surface area contributed by atoms with Crippen molar-refractivity contribution in [3.05, 3.63) is 34.5 Å². The van der Waals surface area contributed by atoms with Crippen LogP contribution >= 0.6 is 0 Å². The molecule has 32 heavy (non-hydrogen) atoms. The summed E-state index contributed by atoms with van der Waals surface area (Å²) in [7, 11) is 0. The number of nitrogen functional groups attached to an aromatic ring is 1. The summed E-state index contributed by atoms with van der Waals surface area (Å²) in [6, 6.07) is 0. The lowest BCUT2D eigenvalue weighted by atomic mass is 9.94. The highest BCUT2D eigenvalue weighted by molar-refractivity contribution is 5.81. The SMILES string of the molecule is C#C[C@]1(CC)O[C@@H](n2cnc3c(N)nc(F)nc32)C[C@@H]1OC(=O)OCc1oc(=O)oc1C. The molecule has 1 fully saturated rings. The molecule has 1 aliphatic rings. The van der Waals surface area contributed by atoms with Gasteiger partial charge < -0.3 is 28.8 Å². The summed E-state index contributed by atoms with van der Waals surface area (Å²) >= 11 is 0. The molecule has 0 radical (unpaired) electrons. The average Bonchev–Trinajstić information content (AvgIpc) is 3.41. The summed E-state index contributed by atoms with van der Waals surface area (Å²) in [6.07, 6.45) is 3.71. The van der Waals surface area contributed by atoms with Gasteiger partial charge in [0, 0.05) is 6.42 Å². The number of aryl methyl sites for hydroxylation is 1. The van der Waals surface area contributed by atoms with E-state index in [1.807, 2.05) is 0 Å². The Morgan fingerprint density at radius 3 is 2.91 bits per heavy atom. The quantitative estimate of drug-likeness (QED) is 0.345. The molecule has 4 heterocycles. The van der Waals surface area contributed by atoms with Crippen LogP contribution in [0.4, 0.5) is 15.0 Å². The first-order valence-corrected chi connectivity index (χ1v) is 9.50. The van der Waals surface area contributed by atoms with E-state index in [0.29, 0.717) is 6.42 Å². The molecule has 3 aromatic heterocycles. The highest BCUT2D eigenvalue weighted by Crippen LogP contribution is 2.41. The molecule has 2 N–H and O–H groups in total. The Hall–Kier alpha value is -3.92. The van der Waals surface area contributed by atoms with Gasteiger partial charge in [-0.1, -0.05) is 12.8 Å². The summed E-state index contributed by atoms with van der Waals surface area (Å²) in [4.78, 5) is 34.6. The van der Waals surface area contributed by atoms with Crippen molar-refractivity contribution in [2.45, 2.75) is 51.2 Å². The van der Waals surface area contributed by atoms with Gasteiger partial charge in [0.1, 0.15) is 12.3 Å². The lowest BCUT2D eigenvalue weighted by Crippen LogP contribution is -2.40. The van der Waals surface area contributed by atoms with E-state index >= 15 is 0 Å². The molecule has 0 aromatic carbocycles. The van der Waals surface area contributed by atoms with Crippen LogP contribution in [0.25, 0.3) is 11.2 Å². The second kappa shape index (κ2) is 7.97. The number of carbonyl (C=O) groups is 1. The third-order valence-corrected chi connectivity index (χ3v) is 5.18. The fourth-order valence-electron chi connectivity index (χ4n) is 3.50. The summed E-state index contributed by atoms with van der Waals surface area (Å²) in [5.74, 6) is 1.73. The average molecular weight is 447 g/mol. The highest BCUT2D eigenvalue weighted by Gasteiger charge is 2.50. The first-order valence-electron chi connectivity index (χ1n) is 9.50. The molecular formula is C19H18FN5O7. The molecule has 3 aromatic rings. The molecular weight excluding hydrogens is 429 g/mol. The second-order valence-corrected chi connectivity index (χ2v) is 6.98. The van der Waals surface area contributed by atoms with Crippen molar-refractivity contribution in [3.63, 3.8) is 0 Å². The molecule has 1 aliphatic heterocycles. The maximum atomic E-state index is 13.7. The van der Waals surface area contributed by atoms with Crippen molar-refractivity contribution in [3.8, 4) is 12.3 Å². The third-order valence-electron chi connectivity index (χ3n) is 5.18. The van der Waals surface area contributed by atoms with Crippen LogP contribution < -0.4 is 11.6 Å². The van der Waals surface area contributed by atoms with Crippen LogP contribution in [-0.4, -0.2) is 37.4 Å². The fourth-order valence-corrected chi connectivity index (χ4v) is 3.50. The van der Waals surface area contributed by atoms with E-state index in [2.05, 4.69) is 20.9 Å². The van der Waals surface area contributed by atoms with E-state index in [4.69, 9.17) is 35.2 Å². The number of aromatic nitrogens is 4. The predicted molar refractivity (Wildman–Crippen MR) is 103 cm³/mol. The number of nitrogens with zero attached hydrogens (tertiary/aromatic N) is 4. The van der Waals surface area contributed by atoms with Crippen molar-refractivity contribution >= 4 is 23.1 Å². The van der Waals surface area contributed by atoms with Gasteiger partial charge in [-0.25, -0.2) is 14.6 Å². The van der Waals surface area contributed by atoms with Crippen LogP contribution in [0.2, 0.25) is 0 Å². The Bertz CT molecular complexity index is 1280. The molecule has 4 rings (SSSR count). The van der Waals surface area contributed by atoms with Gasteiger partial charge in [-0.2, -0.15) is 14.4 Å². The third kappa shape index (κ3) is 3.65. The largest absolute Gasteiger partial charge is 0.519 e. The molecule has 0 spiro atoms. The molecule has 0 amide bonds. The first kappa shape index (κ1) is 21.3. The molecule has 0 aliphatic carbocycles. The van der Waals surface area contributed by atoms with E-state index in [1.54, 1.807) is 6.92 Å². The predicted octanol–water partition coefficient (Wildman–Crippen LogP) is 1.83. The second-order valence-electron chi connectivity index (χ2n) is 6.98. The number of fused-ring (bicyclic) bond motifs is 1. The van der Waals surface area contributed by atoms with Crippen molar-refractivity contribution in [2.24, 2.45) is 0 Å². The van der Waals surface area contributed by atoms with Crippen LogP contribution in [0.1, 0.15) is 37.5 Å². The Balaban J connectivity index is 1.53. The van der Waals surface area contributed by atoms with Crippen molar-refractivity contribution in [1.29, 1.82) is 0 Å². The Morgan fingerprint density at radius 2 is 2.25 bits per heavy atom. The summed E-state index contributed by atoms with van der Waals surface area (Å²) in [6.45, 7) is 2.88. The van der Waals surface area contributed by atoms with Crippen LogP contribution in [0.3, 0.4) is 0 Å². The number of anilines is 1. The number of rotatable bonds is 5. The van der Waals surface area contributed by atoms with Gasteiger partial charge in [0.15, 0.2) is 40.7 Å². The number of ether oxygens (including phenoxy) is 3. The number of imidazole rings is 1. The highest BCUT2D eigenvalue weighted by atomic mass is 19.1. The van der Waals surface area contributed by atoms with Crippen molar-refractivity contribution in [2.75, 3.05) is 5.73 Å². The minimum absolute atomic E-state index is 0.0513. The number of hydrogen-bond donors (Lipinski definition) is 1. The van der Waals surface area contributed by atoms with Gasteiger partial charge >= 0.3 is 18.1 Å². The Labute approximate surface area is 179 Å². The first-order chi connectivity index (χ1) is 15.3. The van der Waals surface area contributed by atoms with Crippen LogP contribution in [0.5, 0.6) is 0 Å². The molecule has 0 bridgehead atoms. The van der Waals surface area contributed by atoms with Gasteiger partial charge in [-0.3, -0.25) is 4.57 Å². The molecule has 1 saturated heterocycles. The number of nitrogens with two attached hydrogens (primary N) is 1. The molecule has 0 saturated carbocycles. The maximum absolute atomic E-state index is 13.7. The van der Waals surface area contributed by atoms with Crippen LogP contribution in [-0.2, 0) is 20.8 Å². The number of terminal acetylenes is 1. The lowest BCUT2D eigenvalue weighted by molar-refractivity contribution is -0.0773. The van der Waals surface area contributed by atoms with Gasteiger partial charge in [-0.15, -0.1) is 6.42 Å². The van der Waals surface area contributed by atoms with E-state index in [1.165, 1.54) is 17.8 Å². The van der Waals surface area contributed by atoms with Crippen LogP contribution in [0.15, 0.2) is 20.0 Å². The zero-order valence-electron chi connectivity index (χ0n) is 17.0. The van der Waals surface area contributed by atoms with E-state index in [-0.39, 0.29) is 41.5 Å². The number of hydrogen-bond acceptors (Lipinski definition) is 11. The molecule has 0 unspecified atom stereocenters. The standard InChI is InChI=1S/C19H18FN5O7/c1-4-19(5-2)11(31-17(26)28-7-10-9(3)29-18(27)30-10)6-12(32-19)25-8-22-13-14(21)23-16(20)24-15(13)25/h1,8,11-12H,5-7H2,2-3H3,(H2,21,23,24)/t11-,12+,19+/m0/s1. The molecule has 168 valence electrons. The van der Waals surface area contributed by atoms with Gasteiger partial charge in [-0.05, 0) is 13.3 Å². The van der Waals surface area contributed by atoms with Crippen molar-refractivity contribution < 1.29 is 32.2 Å².